The van der Waals surface area contributed by atoms with E-state index in [1.54, 1.807) is 32.9 Å². The number of carbonyl (C=O) groups excluding carboxylic acids is 1. The Kier molecular flexibility index (Phi) is 4.75. The summed E-state index contributed by atoms with van der Waals surface area (Å²) in [4.78, 5) is 11.3. The Balaban J connectivity index is 2.77. The minimum Gasteiger partial charge on any atom is -0.464 e. The maximum absolute atomic E-state index is 13.2. The molecule has 5 heteroatoms. The molecule has 0 bridgehead atoms. The van der Waals surface area contributed by atoms with Crippen molar-refractivity contribution in [3.8, 4) is 0 Å². The Morgan fingerprint density at radius 3 is 2.88 bits per heavy atom. The van der Waals surface area contributed by atoms with Crippen molar-refractivity contribution < 1.29 is 13.9 Å². The fourth-order valence-electron chi connectivity index (χ4n) is 1.16. The fraction of sp³-hybridized carbons (Fsp3) is 0.417. The van der Waals surface area contributed by atoms with E-state index in [-0.39, 0.29) is 5.82 Å². The third-order valence-electron chi connectivity index (χ3n) is 2.21. The van der Waals surface area contributed by atoms with Crippen LogP contribution >= 0.6 is 0 Å². The Hall–Kier alpha value is -1.78. The molecule has 0 saturated heterocycles. The van der Waals surface area contributed by atoms with Crippen molar-refractivity contribution in [3.05, 3.63) is 29.6 Å². The van der Waals surface area contributed by atoms with Crippen LogP contribution in [0.5, 0.6) is 0 Å². The molecule has 4 nitrogen and oxygen atoms in total. The van der Waals surface area contributed by atoms with E-state index in [1.165, 1.54) is 6.07 Å². The fourth-order valence-corrected chi connectivity index (χ4v) is 1.16. The van der Waals surface area contributed by atoms with Gasteiger partial charge in [-0.15, -0.1) is 0 Å². The van der Waals surface area contributed by atoms with Crippen LogP contribution in [0, 0.1) is 12.7 Å². The summed E-state index contributed by atoms with van der Waals surface area (Å²) in [5.74, 6) is -0.782. The molecule has 0 aliphatic rings. The van der Waals surface area contributed by atoms with Gasteiger partial charge in [-0.05, 0) is 32.9 Å². The number of carbonyl (C=O) groups is 1. The minimum atomic E-state index is -0.683. The third kappa shape index (κ3) is 3.62. The molecule has 0 N–H and O–H groups in total. The molecule has 1 atom stereocenters. The molecule has 0 amide bonds. The van der Waals surface area contributed by atoms with Gasteiger partial charge in [0.15, 0.2) is 6.04 Å². The number of halogens is 1. The van der Waals surface area contributed by atoms with Gasteiger partial charge in [0.2, 0.25) is 0 Å². The molecule has 0 aliphatic heterocycles. The smallest absolute Gasteiger partial charge is 0.332 e. The van der Waals surface area contributed by atoms with Crippen LogP contribution in [0.25, 0.3) is 0 Å². The average molecular weight is 238 g/mol. The SMILES string of the molecule is CCOC(=O)C(C)N=Nc1cccc(F)c1C. The van der Waals surface area contributed by atoms with E-state index in [0.717, 1.165) is 0 Å². The van der Waals surface area contributed by atoms with Crippen molar-refractivity contribution in [2.75, 3.05) is 6.61 Å². The predicted octanol–water partition coefficient (Wildman–Crippen LogP) is 3.17. The van der Waals surface area contributed by atoms with Crippen molar-refractivity contribution in [1.82, 2.24) is 0 Å². The molecule has 92 valence electrons. The number of hydrogen-bond donors (Lipinski definition) is 0. The molecule has 0 radical (unpaired) electrons. The zero-order chi connectivity index (χ0) is 12.8. The van der Waals surface area contributed by atoms with Crippen LogP contribution in [0.1, 0.15) is 19.4 Å². The van der Waals surface area contributed by atoms with Crippen molar-refractivity contribution in [1.29, 1.82) is 0 Å². The Morgan fingerprint density at radius 2 is 2.24 bits per heavy atom. The van der Waals surface area contributed by atoms with Gasteiger partial charge < -0.3 is 4.74 Å². The molecule has 0 aliphatic carbocycles. The van der Waals surface area contributed by atoms with Crippen molar-refractivity contribution in [2.45, 2.75) is 26.8 Å². The van der Waals surface area contributed by atoms with Gasteiger partial charge in [0.05, 0.1) is 12.3 Å². The number of esters is 1. The van der Waals surface area contributed by atoms with Crippen LogP contribution in [0.15, 0.2) is 28.4 Å². The van der Waals surface area contributed by atoms with Gasteiger partial charge >= 0.3 is 5.97 Å². The largest absolute Gasteiger partial charge is 0.464 e. The van der Waals surface area contributed by atoms with Crippen molar-refractivity contribution in [3.63, 3.8) is 0 Å². The summed E-state index contributed by atoms with van der Waals surface area (Å²) < 4.78 is 18.0. The van der Waals surface area contributed by atoms with E-state index < -0.39 is 12.0 Å². The molecule has 1 aromatic carbocycles. The zero-order valence-corrected chi connectivity index (χ0v) is 10.1. The van der Waals surface area contributed by atoms with Crippen LogP contribution in [0.2, 0.25) is 0 Å². The molecule has 0 heterocycles. The number of nitrogens with zero attached hydrogens (tertiary/aromatic N) is 2. The first kappa shape index (κ1) is 13.3. The summed E-state index contributed by atoms with van der Waals surface area (Å²) in [6.07, 6.45) is 0. The second kappa shape index (κ2) is 6.08. The lowest BCUT2D eigenvalue weighted by molar-refractivity contribution is -0.144. The predicted molar refractivity (Wildman–Crippen MR) is 61.7 cm³/mol. The Bertz CT molecular complexity index is 433. The summed E-state index contributed by atoms with van der Waals surface area (Å²) in [5.41, 5.74) is 0.827. The molecule has 17 heavy (non-hydrogen) atoms. The Labute approximate surface area is 99.5 Å². The zero-order valence-electron chi connectivity index (χ0n) is 10.1. The number of hydrogen-bond acceptors (Lipinski definition) is 4. The molecule has 0 saturated carbocycles. The van der Waals surface area contributed by atoms with E-state index in [0.29, 0.717) is 17.9 Å². The first-order valence-corrected chi connectivity index (χ1v) is 5.38. The van der Waals surface area contributed by atoms with Crippen LogP contribution in [-0.4, -0.2) is 18.6 Å². The van der Waals surface area contributed by atoms with Crippen LogP contribution in [0.4, 0.5) is 10.1 Å². The van der Waals surface area contributed by atoms with E-state index >= 15 is 0 Å². The highest BCUT2D eigenvalue weighted by atomic mass is 19.1. The van der Waals surface area contributed by atoms with E-state index in [4.69, 9.17) is 4.74 Å². The second-order valence-electron chi connectivity index (χ2n) is 3.53. The lowest BCUT2D eigenvalue weighted by Gasteiger charge is -2.04. The topological polar surface area (TPSA) is 51.0 Å². The highest BCUT2D eigenvalue weighted by Gasteiger charge is 2.12. The summed E-state index contributed by atoms with van der Waals surface area (Å²) in [7, 11) is 0. The quantitative estimate of drug-likeness (QED) is 0.597. The molecular formula is C12H15FN2O2. The molecule has 1 rings (SSSR count). The highest BCUT2D eigenvalue weighted by molar-refractivity contribution is 5.75. The summed E-state index contributed by atoms with van der Waals surface area (Å²) in [5, 5.41) is 7.65. The minimum absolute atomic E-state index is 0.303. The maximum Gasteiger partial charge on any atom is 0.332 e. The van der Waals surface area contributed by atoms with Gasteiger partial charge in [-0.1, -0.05) is 6.07 Å². The van der Waals surface area contributed by atoms with E-state index in [1.807, 2.05) is 0 Å². The van der Waals surface area contributed by atoms with E-state index in [2.05, 4.69) is 10.2 Å². The molecule has 0 aromatic heterocycles. The van der Waals surface area contributed by atoms with E-state index in [9.17, 15) is 9.18 Å². The summed E-state index contributed by atoms with van der Waals surface area (Å²) in [6.45, 7) is 5.21. The van der Waals surface area contributed by atoms with Crippen LogP contribution < -0.4 is 0 Å². The average Bonchev–Trinajstić information content (AvgIpc) is 2.31. The van der Waals surface area contributed by atoms with Crippen molar-refractivity contribution in [2.24, 2.45) is 10.2 Å². The number of ether oxygens (including phenoxy) is 1. The molecule has 1 aromatic rings. The summed E-state index contributed by atoms with van der Waals surface area (Å²) >= 11 is 0. The van der Waals surface area contributed by atoms with Gasteiger partial charge in [-0.2, -0.15) is 10.2 Å². The second-order valence-corrected chi connectivity index (χ2v) is 3.53. The molecule has 1 unspecified atom stereocenters. The van der Waals surface area contributed by atoms with Crippen LogP contribution in [-0.2, 0) is 9.53 Å². The highest BCUT2D eigenvalue weighted by Crippen LogP contribution is 2.21. The summed E-state index contributed by atoms with van der Waals surface area (Å²) in [6, 6.07) is 3.85. The van der Waals surface area contributed by atoms with Crippen molar-refractivity contribution >= 4 is 11.7 Å². The normalized spacial score (nSPS) is 12.7. The van der Waals surface area contributed by atoms with Gasteiger partial charge in [0.1, 0.15) is 5.82 Å². The lowest BCUT2D eigenvalue weighted by Crippen LogP contribution is -2.17. The van der Waals surface area contributed by atoms with Gasteiger partial charge in [0.25, 0.3) is 0 Å². The lowest BCUT2D eigenvalue weighted by atomic mass is 10.2. The first-order chi connectivity index (χ1) is 8.06. The Morgan fingerprint density at radius 1 is 1.53 bits per heavy atom. The third-order valence-corrected chi connectivity index (χ3v) is 2.21. The first-order valence-electron chi connectivity index (χ1n) is 5.38. The number of benzene rings is 1. The molecule has 0 fully saturated rings. The van der Waals surface area contributed by atoms with Gasteiger partial charge in [0, 0.05) is 5.56 Å². The standard InChI is InChI=1S/C12H15FN2O2/c1-4-17-12(16)9(3)14-15-11-7-5-6-10(13)8(11)2/h5-7,9H,4H2,1-3H3. The maximum atomic E-state index is 13.2. The van der Waals surface area contributed by atoms with Gasteiger partial charge in [-0.3, -0.25) is 0 Å². The monoisotopic (exact) mass is 238 g/mol. The molecule has 0 spiro atoms. The van der Waals surface area contributed by atoms with Crippen LogP contribution in [0.3, 0.4) is 0 Å². The number of azo groups is 1. The molecular weight excluding hydrogens is 223 g/mol. The number of rotatable bonds is 4. The van der Waals surface area contributed by atoms with Gasteiger partial charge in [-0.25, -0.2) is 9.18 Å².